The van der Waals surface area contributed by atoms with Gasteiger partial charge in [-0.2, -0.15) is 0 Å². The van der Waals surface area contributed by atoms with Crippen LogP contribution < -0.4 is 4.90 Å². The van der Waals surface area contributed by atoms with Gasteiger partial charge >= 0.3 is 0 Å². The molecular weight excluding hydrogens is 915 g/mol. The van der Waals surface area contributed by atoms with Gasteiger partial charge < -0.3 is 4.90 Å². The number of rotatable bonds is 4. The Morgan fingerprint density at radius 1 is 0.211 bits per heavy atom. The van der Waals surface area contributed by atoms with Crippen LogP contribution in [0.15, 0.2) is 273 Å². The first kappa shape index (κ1) is 41.6. The molecule has 15 aromatic carbocycles. The Hall–Kier alpha value is -9.82. The van der Waals surface area contributed by atoms with Gasteiger partial charge in [0.15, 0.2) is 0 Å². The molecule has 0 saturated heterocycles. The van der Waals surface area contributed by atoms with Crippen LogP contribution in [0.25, 0.3) is 120 Å². The first-order valence-corrected chi connectivity index (χ1v) is 26.6. The quantitative estimate of drug-likeness (QED) is 0.159. The lowest BCUT2D eigenvalue weighted by Gasteiger charge is -2.34. The Balaban J connectivity index is 1.06. The molecule has 17 rings (SSSR count). The van der Waals surface area contributed by atoms with Gasteiger partial charge in [0.25, 0.3) is 0 Å². The average molecular weight is 960 g/mol. The molecule has 0 amide bonds. The van der Waals surface area contributed by atoms with Crippen LogP contribution in [0.1, 0.15) is 22.3 Å². The molecule has 1 nitrogen and oxygen atoms in total. The summed E-state index contributed by atoms with van der Waals surface area (Å²) in [6.07, 6.45) is 0. The zero-order valence-corrected chi connectivity index (χ0v) is 41.4. The molecule has 0 aliphatic heterocycles. The fourth-order valence-corrected chi connectivity index (χ4v) is 14.3. The molecule has 0 saturated carbocycles. The fourth-order valence-electron chi connectivity index (χ4n) is 14.3. The highest BCUT2D eigenvalue weighted by Crippen LogP contribution is 2.64. The Kier molecular flexibility index (Phi) is 8.55. The van der Waals surface area contributed by atoms with E-state index < -0.39 is 5.41 Å². The molecule has 76 heavy (non-hydrogen) atoms. The van der Waals surface area contributed by atoms with E-state index in [0.29, 0.717) is 0 Å². The van der Waals surface area contributed by atoms with Crippen LogP contribution in [0.3, 0.4) is 0 Å². The van der Waals surface area contributed by atoms with Crippen LogP contribution in [0.4, 0.5) is 17.1 Å². The molecule has 2 aliphatic rings. The monoisotopic (exact) mass is 959 g/mol. The lowest BCUT2D eigenvalue weighted by Crippen LogP contribution is -2.26. The van der Waals surface area contributed by atoms with Crippen LogP contribution in [0, 0.1) is 0 Å². The van der Waals surface area contributed by atoms with Crippen molar-refractivity contribution in [2.45, 2.75) is 5.41 Å². The van der Waals surface area contributed by atoms with Gasteiger partial charge in [-0.3, -0.25) is 0 Å². The van der Waals surface area contributed by atoms with E-state index in [1.807, 2.05) is 0 Å². The summed E-state index contributed by atoms with van der Waals surface area (Å²) in [5.41, 5.74) is 15.6. The zero-order chi connectivity index (χ0) is 49.6. The number of fused-ring (bicyclic) bond motifs is 25. The van der Waals surface area contributed by atoms with Crippen molar-refractivity contribution in [3.63, 3.8) is 0 Å². The highest BCUT2D eigenvalue weighted by Gasteiger charge is 2.52. The number of hydrogen-bond donors (Lipinski definition) is 0. The van der Waals surface area contributed by atoms with Gasteiger partial charge in [-0.15, -0.1) is 0 Å². The maximum atomic E-state index is 2.62. The highest BCUT2D eigenvalue weighted by molar-refractivity contribution is 6.28. The van der Waals surface area contributed by atoms with Crippen molar-refractivity contribution in [3.8, 4) is 33.4 Å². The molecule has 1 spiro atoms. The minimum absolute atomic E-state index is 0.555. The Morgan fingerprint density at radius 3 is 1.12 bits per heavy atom. The Bertz CT molecular complexity index is 4900. The molecule has 0 N–H and O–H groups in total. The van der Waals surface area contributed by atoms with Crippen LogP contribution in [0.5, 0.6) is 0 Å². The zero-order valence-electron chi connectivity index (χ0n) is 41.4. The van der Waals surface area contributed by atoms with Gasteiger partial charge in [0.1, 0.15) is 0 Å². The third-order valence-electron chi connectivity index (χ3n) is 17.4. The van der Waals surface area contributed by atoms with E-state index in [1.165, 1.54) is 142 Å². The number of benzene rings is 15. The van der Waals surface area contributed by atoms with E-state index >= 15 is 0 Å². The summed E-state index contributed by atoms with van der Waals surface area (Å²) in [5.74, 6) is 0. The van der Waals surface area contributed by atoms with Crippen molar-refractivity contribution in [2.75, 3.05) is 4.90 Å². The number of nitrogens with zero attached hydrogens (tertiary/aromatic N) is 1. The Morgan fingerprint density at radius 2 is 0.592 bits per heavy atom. The van der Waals surface area contributed by atoms with Crippen molar-refractivity contribution in [1.29, 1.82) is 0 Å². The van der Waals surface area contributed by atoms with Crippen molar-refractivity contribution in [3.05, 3.63) is 295 Å². The van der Waals surface area contributed by atoms with E-state index in [2.05, 4.69) is 278 Å². The molecular formula is C75H45N. The van der Waals surface area contributed by atoms with E-state index in [1.54, 1.807) is 0 Å². The standard InChI is InChI=1S/C75H45N/c1-2-20-49-46(19-1)42-73(64-33-12-11-21-50(49)64)76(48-38-40-60-56-27-6-4-23-52(56)54-25-8-10-29-58(54)67(60)43-48)74-45-72-68(63-32-15-18-36-71(63)75(72)69-34-16-13-30-61(69)62-31-14-17-35-70(62)75)44-65(74)47-37-39-59-55-26-5-3-22-51(55)53-24-7-9-28-57(53)66(59)41-47/h1-45H. The largest absolute Gasteiger partial charge is 0.309 e. The second-order valence-electron chi connectivity index (χ2n) is 21.0. The van der Waals surface area contributed by atoms with Gasteiger partial charge in [-0.1, -0.05) is 237 Å². The molecule has 0 fully saturated rings. The predicted octanol–water partition coefficient (Wildman–Crippen LogP) is 20.4. The minimum atomic E-state index is -0.555. The first-order valence-electron chi connectivity index (χ1n) is 26.6. The van der Waals surface area contributed by atoms with Gasteiger partial charge in [-0.25, -0.2) is 0 Å². The first-order chi connectivity index (χ1) is 37.7. The van der Waals surface area contributed by atoms with Crippen molar-refractivity contribution in [1.82, 2.24) is 0 Å². The summed E-state index contributed by atoms with van der Waals surface area (Å²) >= 11 is 0. The van der Waals surface area contributed by atoms with Gasteiger partial charge in [0.05, 0.1) is 16.8 Å². The summed E-state index contributed by atoms with van der Waals surface area (Å²) in [7, 11) is 0. The minimum Gasteiger partial charge on any atom is -0.309 e. The van der Waals surface area contributed by atoms with Crippen molar-refractivity contribution < 1.29 is 0 Å². The summed E-state index contributed by atoms with van der Waals surface area (Å²) in [5, 5.41) is 20.0. The van der Waals surface area contributed by atoms with E-state index in [0.717, 1.165) is 17.1 Å². The molecule has 0 atom stereocenters. The second-order valence-corrected chi connectivity index (χ2v) is 21.0. The van der Waals surface area contributed by atoms with Crippen molar-refractivity contribution in [2.24, 2.45) is 0 Å². The number of anilines is 3. The topological polar surface area (TPSA) is 3.24 Å². The maximum absolute atomic E-state index is 2.62. The highest BCUT2D eigenvalue weighted by atomic mass is 15.1. The van der Waals surface area contributed by atoms with E-state index in [4.69, 9.17) is 0 Å². The smallest absolute Gasteiger partial charge is 0.0726 e. The second kappa shape index (κ2) is 15.6. The summed E-state index contributed by atoms with van der Waals surface area (Å²) < 4.78 is 0. The molecule has 0 aromatic heterocycles. The van der Waals surface area contributed by atoms with E-state index in [9.17, 15) is 0 Å². The maximum Gasteiger partial charge on any atom is 0.0726 e. The number of hydrogen-bond acceptors (Lipinski definition) is 1. The average Bonchev–Trinajstić information content (AvgIpc) is 4.19. The van der Waals surface area contributed by atoms with Crippen LogP contribution in [-0.2, 0) is 5.41 Å². The molecule has 2 aliphatic carbocycles. The molecule has 0 bridgehead atoms. The lowest BCUT2D eigenvalue weighted by atomic mass is 9.70. The summed E-state index contributed by atoms with van der Waals surface area (Å²) in [6, 6.07) is 103. The third kappa shape index (κ3) is 5.53. The lowest BCUT2D eigenvalue weighted by molar-refractivity contribution is 0.794. The predicted molar refractivity (Wildman–Crippen MR) is 323 cm³/mol. The summed E-state index contributed by atoms with van der Waals surface area (Å²) in [4.78, 5) is 2.62. The molecule has 0 unspecified atom stereocenters. The molecule has 0 radical (unpaired) electrons. The normalized spacial score (nSPS) is 13.1. The SMILES string of the molecule is c1ccc2c(c1)-c1ccccc1C21c2ccccc2-c2cc(-c3ccc4c5ccccc5c5ccccc5c4c3)c(N(c3ccc4c5ccccc5c5ccccc5c4c3)c3cc4ccccc4c4ccccc34)cc21. The van der Waals surface area contributed by atoms with Gasteiger partial charge in [0.2, 0.25) is 0 Å². The molecule has 15 aromatic rings. The van der Waals surface area contributed by atoms with Crippen LogP contribution in [0.2, 0.25) is 0 Å². The van der Waals surface area contributed by atoms with E-state index in [-0.39, 0.29) is 0 Å². The fraction of sp³-hybridized carbons (Fsp3) is 0.0133. The summed E-state index contributed by atoms with van der Waals surface area (Å²) in [6.45, 7) is 0. The molecule has 0 heterocycles. The Labute approximate surface area is 439 Å². The third-order valence-corrected chi connectivity index (χ3v) is 17.4. The van der Waals surface area contributed by atoms with Crippen LogP contribution >= 0.6 is 0 Å². The van der Waals surface area contributed by atoms with Crippen molar-refractivity contribution >= 4 is 103 Å². The van der Waals surface area contributed by atoms with Gasteiger partial charge in [-0.05, 0) is 167 Å². The molecule has 1 heteroatoms. The molecule has 350 valence electrons. The van der Waals surface area contributed by atoms with Gasteiger partial charge in [0, 0.05) is 16.6 Å². The van der Waals surface area contributed by atoms with Crippen LogP contribution in [-0.4, -0.2) is 0 Å².